The number of rotatable bonds is 6. The highest BCUT2D eigenvalue weighted by Gasteiger charge is 2.44. The number of anilines is 6. The van der Waals surface area contributed by atoms with Crippen molar-refractivity contribution in [1.82, 2.24) is 0 Å². The SMILES string of the molecule is c1ccc(-c2ccc(-c3cc4c5c(c3)N(c3ccc(-c6ccccc6)cc3)c3c(ccc6ccccc36)B5c3ccc5ccccc5c3N4c3ccc(-c4ccccc4)cc3)cc2)cc1. The topological polar surface area (TPSA) is 6.48 Å². The molecule has 13 rings (SSSR count). The fraction of sp³-hybridized carbons (Fsp3) is 0. The van der Waals surface area contributed by atoms with Crippen LogP contribution in [0.4, 0.5) is 34.1 Å². The quantitative estimate of drug-likeness (QED) is 0.154. The van der Waals surface area contributed by atoms with E-state index in [9.17, 15) is 0 Å². The summed E-state index contributed by atoms with van der Waals surface area (Å²) in [6.07, 6.45) is 0. The van der Waals surface area contributed by atoms with Crippen molar-refractivity contribution in [2.24, 2.45) is 0 Å². The molecule has 11 aromatic rings. The van der Waals surface area contributed by atoms with Crippen molar-refractivity contribution in [3.8, 4) is 44.5 Å². The van der Waals surface area contributed by atoms with Gasteiger partial charge >= 0.3 is 0 Å². The summed E-state index contributed by atoms with van der Waals surface area (Å²) in [5, 5.41) is 4.93. The first kappa shape index (κ1) is 37.2. The average Bonchev–Trinajstić information content (AvgIpc) is 3.39. The molecule has 0 spiro atoms. The predicted octanol–water partition coefficient (Wildman–Crippen LogP) is 14.7. The van der Waals surface area contributed by atoms with E-state index >= 15 is 0 Å². The van der Waals surface area contributed by atoms with Gasteiger partial charge in [0.05, 0.1) is 0 Å². The lowest BCUT2D eigenvalue weighted by Gasteiger charge is -2.45. The van der Waals surface area contributed by atoms with Gasteiger partial charge in [-0.1, -0.05) is 212 Å². The Hall–Kier alpha value is -8.40. The van der Waals surface area contributed by atoms with Crippen molar-refractivity contribution in [3.05, 3.63) is 249 Å². The van der Waals surface area contributed by atoms with E-state index in [1.165, 1.54) is 105 Å². The van der Waals surface area contributed by atoms with Crippen molar-refractivity contribution in [2.75, 3.05) is 9.80 Å². The van der Waals surface area contributed by atoms with Crippen LogP contribution in [-0.4, -0.2) is 6.71 Å². The van der Waals surface area contributed by atoms with Crippen molar-refractivity contribution in [1.29, 1.82) is 0 Å². The van der Waals surface area contributed by atoms with E-state index in [2.05, 4.69) is 259 Å². The Morgan fingerprint density at radius 3 is 0.985 bits per heavy atom. The Morgan fingerprint density at radius 1 is 0.262 bits per heavy atom. The fourth-order valence-corrected chi connectivity index (χ4v) is 10.6. The van der Waals surface area contributed by atoms with Gasteiger partial charge in [-0.15, -0.1) is 0 Å². The Kier molecular flexibility index (Phi) is 8.67. The third kappa shape index (κ3) is 6.12. The van der Waals surface area contributed by atoms with E-state index in [-0.39, 0.29) is 6.71 Å². The number of fused-ring (bicyclic) bond motifs is 8. The van der Waals surface area contributed by atoms with Gasteiger partial charge in [0.15, 0.2) is 0 Å². The molecular weight excluding hydrogens is 784 g/mol. The van der Waals surface area contributed by atoms with E-state index in [0.29, 0.717) is 0 Å². The number of hydrogen-bond donors (Lipinski definition) is 0. The summed E-state index contributed by atoms with van der Waals surface area (Å²) in [5.74, 6) is 0. The number of benzene rings is 11. The molecule has 11 aromatic carbocycles. The Bertz CT molecular complexity index is 3370. The normalized spacial score (nSPS) is 12.5. The Balaban J connectivity index is 1.11. The molecule has 0 unspecified atom stereocenters. The molecule has 0 atom stereocenters. The third-order valence-electron chi connectivity index (χ3n) is 13.6. The summed E-state index contributed by atoms with van der Waals surface area (Å²) in [7, 11) is 0. The molecule has 0 bridgehead atoms. The lowest BCUT2D eigenvalue weighted by atomic mass is 9.33. The van der Waals surface area contributed by atoms with E-state index in [0.717, 1.165) is 11.4 Å². The van der Waals surface area contributed by atoms with Gasteiger partial charge in [0.1, 0.15) is 0 Å². The van der Waals surface area contributed by atoms with E-state index in [1.807, 2.05) is 0 Å². The maximum Gasteiger partial charge on any atom is 0.252 e. The van der Waals surface area contributed by atoms with Gasteiger partial charge in [-0.05, 0) is 108 Å². The molecule has 3 heteroatoms. The average molecular weight is 825 g/mol. The molecule has 65 heavy (non-hydrogen) atoms. The van der Waals surface area contributed by atoms with Gasteiger partial charge in [-0.25, -0.2) is 0 Å². The molecule has 0 radical (unpaired) electrons. The molecular formula is C62H41BN2. The van der Waals surface area contributed by atoms with Crippen LogP contribution in [-0.2, 0) is 0 Å². The highest BCUT2D eigenvalue weighted by Crippen LogP contribution is 2.49. The van der Waals surface area contributed by atoms with E-state index in [4.69, 9.17) is 0 Å². The van der Waals surface area contributed by atoms with E-state index < -0.39 is 0 Å². The lowest BCUT2D eigenvalue weighted by Crippen LogP contribution is -2.61. The van der Waals surface area contributed by atoms with Crippen LogP contribution in [0.5, 0.6) is 0 Å². The summed E-state index contributed by atoms with van der Waals surface area (Å²) in [5.41, 5.74) is 20.6. The lowest BCUT2D eigenvalue weighted by molar-refractivity contribution is 1.27. The molecule has 0 saturated heterocycles. The molecule has 2 nitrogen and oxygen atoms in total. The number of hydrogen-bond acceptors (Lipinski definition) is 2. The van der Waals surface area contributed by atoms with Crippen LogP contribution in [0.1, 0.15) is 0 Å². The highest BCUT2D eigenvalue weighted by molar-refractivity contribution is 7.00. The third-order valence-corrected chi connectivity index (χ3v) is 13.6. The second-order valence-electron chi connectivity index (χ2n) is 17.3. The second kappa shape index (κ2) is 15.2. The molecule has 2 heterocycles. The first-order valence-corrected chi connectivity index (χ1v) is 22.5. The zero-order valence-corrected chi connectivity index (χ0v) is 35.6. The van der Waals surface area contributed by atoms with Crippen molar-refractivity contribution in [3.63, 3.8) is 0 Å². The van der Waals surface area contributed by atoms with Crippen molar-refractivity contribution >= 4 is 78.8 Å². The van der Waals surface area contributed by atoms with Gasteiger partial charge in [0.25, 0.3) is 6.71 Å². The minimum atomic E-state index is -0.0200. The number of nitrogens with zero attached hydrogens (tertiary/aromatic N) is 2. The van der Waals surface area contributed by atoms with Crippen molar-refractivity contribution in [2.45, 2.75) is 0 Å². The Morgan fingerprint density at radius 2 is 0.585 bits per heavy atom. The van der Waals surface area contributed by atoms with Gasteiger partial charge < -0.3 is 9.80 Å². The van der Waals surface area contributed by atoms with Crippen LogP contribution in [0.3, 0.4) is 0 Å². The summed E-state index contributed by atoms with van der Waals surface area (Å²) in [6, 6.07) is 91.7. The first-order chi connectivity index (χ1) is 32.2. The van der Waals surface area contributed by atoms with Crippen LogP contribution >= 0.6 is 0 Å². The standard InChI is InChI=1S/C62H41BN2/c1-4-14-42(15-5-1)45-24-26-48(27-25-45)51-40-58-60-59(41-51)65(53-36-30-47(31-37-53)44-18-8-3-9-19-44)62-55-23-13-11-21-50(55)33-39-57(62)63(60)56-38-32-49-20-10-12-22-54(49)61(56)64(58)52-34-28-46(29-35-52)43-16-6-2-7-17-43/h1-41H. The zero-order valence-electron chi connectivity index (χ0n) is 35.6. The minimum Gasteiger partial charge on any atom is -0.311 e. The van der Waals surface area contributed by atoms with E-state index in [1.54, 1.807) is 0 Å². The Labute approximate surface area is 380 Å². The summed E-state index contributed by atoms with van der Waals surface area (Å²) >= 11 is 0. The van der Waals surface area contributed by atoms with Crippen LogP contribution in [0.2, 0.25) is 0 Å². The molecule has 302 valence electrons. The second-order valence-corrected chi connectivity index (χ2v) is 17.3. The van der Waals surface area contributed by atoms with Crippen molar-refractivity contribution < 1.29 is 0 Å². The molecule has 2 aliphatic heterocycles. The molecule has 2 aliphatic rings. The van der Waals surface area contributed by atoms with Gasteiger partial charge in [-0.3, -0.25) is 0 Å². The van der Waals surface area contributed by atoms with Crippen LogP contribution < -0.4 is 26.2 Å². The smallest absolute Gasteiger partial charge is 0.252 e. The summed E-state index contributed by atoms with van der Waals surface area (Å²) in [4.78, 5) is 5.12. The summed E-state index contributed by atoms with van der Waals surface area (Å²) in [6.45, 7) is -0.0200. The van der Waals surface area contributed by atoms with Gasteiger partial charge in [0.2, 0.25) is 0 Å². The zero-order chi connectivity index (χ0) is 42.8. The van der Waals surface area contributed by atoms with Gasteiger partial charge in [0, 0.05) is 44.9 Å². The molecule has 0 saturated carbocycles. The summed E-state index contributed by atoms with van der Waals surface area (Å²) < 4.78 is 0. The molecule has 0 amide bonds. The molecule has 0 aliphatic carbocycles. The predicted molar refractivity (Wildman–Crippen MR) is 277 cm³/mol. The monoisotopic (exact) mass is 824 g/mol. The van der Waals surface area contributed by atoms with Crippen LogP contribution in [0.15, 0.2) is 249 Å². The highest BCUT2D eigenvalue weighted by atomic mass is 15.2. The van der Waals surface area contributed by atoms with Crippen LogP contribution in [0, 0.1) is 0 Å². The van der Waals surface area contributed by atoms with Gasteiger partial charge in [-0.2, -0.15) is 0 Å². The molecule has 0 aromatic heterocycles. The molecule has 0 N–H and O–H groups in total. The van der Waals surface area contributed by atoms with Crippen LogP contribution in [0.25, 0.3) is 66.1 Å². The maximum atomic E-state index is 2.56. The largest absolute Gasteiger partial charge is 0.311 e. The minimum absolute atomic E-state index is 0.0200. The maximum absolute atomic E-state index is 2.56. The first-order valence-electron chi connectivity index (χ1n) is 22.5. The fourth-order valence-electron chi connectivity index (χ4n) is 10.6. The molecule has 0 fully saturated rings.